The maximum atomic E-state index is 12.1. The van der Waals surface area contributed by atoms with Crippen molar-refractivity contribution in [3.05, 3.63) is 76.5 Å². The van der Waals surface area contributed by atoms with E-state index < -0.39 is 10.0 Å². The summed E-state index contributed by atoms with van der Waals surface area (Å²) < 4.78 is 26.1. The molecule has 4 N–H and O–H groups in total. The van der Waals surface area contributed by atoms with Crippen LogP contribution in [0.5, 0.6) is 0 Å². The monoisotopic (exact) mass is 581 g/mol. The number of hydrogen-bond acceptors (Lipinski definition) is 7. The second-order valence-corrected chi connectivity index (χ2v) is 11.7. The van der Waals surface area contributed by atoms with Crippen LogP contribution in [0.3, 0.4) is 0 Å². The van der Waals surface area contributed by atoms with Gasteiger partial charge >= 0.3 is 0 Å². The third-order valence-electron chi connectivity index (χ3n) is 6.37. The first-order valence-electron chi connectivity index (χ1n) is 11.9. The van der Waals surface area contributed by atoms with Crippen LogP contribution in [0.15, 0.2) is 65.4 Å². The summed E-state index contributed by atoms with van der Waals surface area (Å²) in [5, 5.41) is 11.1. The van der Waals surface area contributed by atoms with Crippen LogP contribution in [0.4, 0.5) is 23.1 Å². The van der Waals surface area contributed by atoms with Gasteiger partial charge in [0.2, 0.25) is 16.0 Å². The average Bonchev–Trinajstić information content (AvgIpc) is 3.32. The third kappa shape index (κ3) is 5.63. The van der Waals surface area contributed by atoms with E-state index in [1.807, 2.05) is 24.3 Å². The minimum Gasteiger partial charge on any atom is -0.365 e. The smallest absolute Gasteiger partial charge is 0.232 e. The fourth-order valence-corrected chi connectivity index (χ4v) is 5.20. The Labute approximate surface area is 224 Å². The van der Waals surface area contributed by atoms with Crippen molar-refractivity contribution in [1.82, 2.24) is 20.3 Å². The Morgan fingerprint density at radius 2 is 2.03 bits per heavy atom. The summed E-state index contributed by atoms with van der Waals surface area (Å²) in [6.07, 6.45) is 8.19. The van der Waals surface area contributed by atoms with Gasteiger partial charge in [-0.1, -0.05) is 24.3 Å². The van der Waals surface area contributed by atoms with E-state index in [0.29, 0.717) is 28.5 Å². The zero-order chi connectivity index (χ0) is 26.0. The lowest BCUT2D eigenvalue weighted by atomic mass is 9.99. The van der Waals surface area contributed by atoms with Gasteiger partial charge in [0, 0.05) is 54.7 Å². The number of H-pyrrole nitrogens is 1. The van der Waals surface area contributed by atoms with Crippen molar-refractivity contribution in [1.29, 1.82) is 0 Å². The highest BCUT2D eigenvalue weighted by atomic mass is 79.9. The van der Waals surface area contributed by atoms with Gasteiger partial charge < -0.3 is 20.9 Å². The molecule has 37 heavy (non-hydrogen) atoms. The summed E-state index contributed by atoms with van der Waals surface area (Å²) in [5.74, 6) is 1.04. The number of nitrogens with zero attached hydrogens (tertiary/aromatic N) is 3. The highest BCUT2D eigenvalue weighted by molar-refractivity contribution is 9.10. The molecule has 4 aromatic rings. The van der Waals surface area contributed by atoms with Gasteiger partial charge in [0.25, 0.3) is 0 Å². The molecule has 0 atom stereocenters. The molecule has 1 aliphatic heterocycles. The number of hydrogen-bond donors (Lipinski definition) is 4. The number of sulfonamides is 1. The van der Waals surface area contributed by atoms with E-state index in [4.69, 9.17) is 0 Å². The number of fused-ring (bicyclic) bond motifs is 1. The Morgan fingerprint density at radius 1 is 1.19 bits per heavy atom. The Morgan fingerprint density at radius 3 is 2.81 bits per heavy atom. The molecule has 3 heterocycles. The van der Waals surface area contributed by atoms with Crippen LogP contribution in [-0.4, -0.2) is 49.8 Å². The Hall–Kier alpha value is -3.41. The fraction of sp³-hybridized carbons (Fsp3) is 0.231. The number of rotatable bonds is 8. The summed E-state index contributed by atoms with van der Waals surface area (Å²) in [7, 11) is -1.83. The Kier molecular flexibility index (Phi) is 7.18. The maximum Gasteiger partial charge on any atom is 0.232 e. The zero-order valence-corrected chi connectivity index (χ0v) is 22.9. The van der Waals surface area contributed by atoms with E-state index in [-0.39, 0.29) is 0 Å². The second-order valence-electron chi connectivity index (χ2n) is 8.87. The van der Waals surface area contributed by atoms with Crippen LogP contribution >= 0.6 is 15.9 Å². The SMILES string of the molecule is CN(c1ccccc1CNc1nc(Nc2ccc3[nH]cc(C4=CCNCC4)c3c2)ncc1Br)S(C)(=O)=O. The number of benzene rings is 2. The summed E-state index contributed by atoms with van der Waals surface area (Å²) in [6, 6.07) is 13.5. The van der Waals surface area contributed by atoms with Gasteiger partial charge in [-0.2, -0.15) is 4.98 Å². The summed E-state index contributed by atoms with van der Waals surface area (Å²) >= 11 is 3.51. The fourth-order valence-electron chi connectivity index (χ4n) is 4.34. The van der Waals surface area contributed by atoms with Crippen molar-refractivity contribution in [2.45, 2.75) is 13.0 Å². The van der Waals surface area contributed by atoms with Crippen molar-refractivity contribution in [2.24, 2.45) is 0 Å². The molecular weight excluding hydrogens is 554 g/mol. The molecule has 0 amide bonds. The largest absolute Gasteiger partial charge is 0.365 e. The normalized spacial score (nSPS) is 13.9. The molecule has 0 saturated carbocycles. The van der Waals surface area contributed by atoms with E-state index >= 15 is 0 Å². The molecule has 0 radical (unpaired) electrons. The number of anilines is 4. The maximum absolute atomic E-state index is 12.1. The number of nitrogens with one attached hydrogen (secondary N) is 4. The summed E-state index contributed by atoms with van der Waals surface area (Å²) in [6.45, 7) is 2.25. The quantitative estimate of drug-likeness (QED) is 0.235. The lowest BCUT2D eigenvalue weighted by Crippen LogP contribution is -2.26. The van der Waals surface area contributed by atoms with Crippen molar-refractivity contribution in [3.8, 4) is 0 Å². The Balaban J connectivity index is 1.36. The number of para-hydroxylation sites is 1. The second kappa shape index (κ2) is 10.5. The highest BCUT2D eigenvalue weighted by Crippen LogP contribution is 2.31. The van der Waals surface area contributed by atoms with Gasteiger partial charge in [-0.15, -0.1) is 0 Å². The third-order valence-corrected chi connectivity index (χ3v) is 8.14. The van der Waals surface area contributed by atoms with Crippen molar-refractivity contribution < 1.29 is 8.42 Å². The van der Waals surface area contributed by atoms with Crippen molar-refractivity contribution in [2.75, 3.05) is 41.3 Å². The van der Waals surface area contributed by atoms with Gasteiger partial charge in [-0.25, -0.2) is 13.4 Å². The van der Waals surface area contributed by atoms with E-state index in [1.165, 1.54) is 21.7 Å². The van der Waals surface area contributed by atoms with E-state index in [2.05, 4.69) is 71.2 Å². The molecular formula is C26H28BrN7O2S. The standard InChI is InChI=1S/C26H28BrN7O2S/c1-34(37(2,35)36)24-6-4-3-5-18(24)14-30-25-22(27)16-31-26(33-25)32-19-7-8-23-20(13-19)21(15-29-23)17-9-11-28-12-10-17/h3-9,13,15-16,28-29H,10-12,14H2,1-2H3,(H2,30,31,32,33). The molecule has 192 valence electrons. The molecule has 5 rings (SSSR count). The minimum absolute atomic E-state index is 0.383. The topological polar surface area (TPSA) is 115 Å². The van der Waals surface area contributed by atoms with Crippen LogP contribution in [0.25, 0.3) is 16.5 Å². The molecule has 0 spiro atoms. The molecule has 0 bridgehead atoms. The first kappa shape index (κ1) is 25.2. The number of aromatic nitrogens is 3. The summed E-state index contributed by atoms with van der Waals surface area (Å²) in [5.41, 5.74) is 5.97. The highest BCUT2D eigenvalue weighted by Gasteiger charge is 2.16. The van der Waals surface area contributed by atoms with Crippen LogP contribution in [0.1, 0.15) is 17.5 Å². The van der Waals surface area contributed by atoms with Gasteiger partial charge in [0.1, 0.15) is 5.82 Å². The Bertz CT molecular complexity index is 1580. The van der Waals surface area contributed by atoms with Gasteiger partial charge in [-0.3, -0.25) is 4.31 Å². The molecule has 1 aliphatic rings. The van der Waals surface area contributed by atoms with E-state index in [0.717, 1.165) is 41.7 Å². The predicted molar refractivity (Wildman–Crippen MR) is 154 cm³/mol. The first-order chi connectivity index (χ1) is 17.8. The lowest BCUT2D eigenvalue weighted by Gasteiger charge is -2.20. The predicted octanol–water partition coefficient (Wildman–Crippen LogP) is 4.85. The van der Waals surface area contributed by atoms with Crippen LogP contribution in [0, 0.1) is 0 Å². The van der Waals surface area contributed by atoms with Crippen molar-refractivity contribution >= 4 is 65.6 Å². The van der Waals surface area contributed by atoms with E-state index in [1.54, 1.807) is 19.3 Å². The van der Waals surface area contributed by atoms with Crippen LogP contribution in [0.2, 0.25) is 0 Å². The molecule has 2 aromatic carbocycles. The van der Waals surface area contributed by atoms with Crippen LogP contribution < -0.4 is 20.3 Å². The molecule has 0 saturated heterocycles. The molecule has 9 nitrogen and oxygen atoms in total. The average molecular weight is 583 g/mol. The van der Waals surface area contributed by atoms with Gasteiger partial charge in [0.15, 0.2) is 0 Å². The van der Waals surface area contributed by atoms with Crippen molar-refractivity contribution in [3.63, 3.8) is 0 Å². The zero-order valence-electron chi connectivity index (χ0n) is 20.5. The van der Waals surface area contributed by atoms with Crippen LogP contribution in [-0.2, 0) is 16.6 Å². The van der Waals surface area contributed by atoms with Gasteiger partial charge in [0.05, 0.1) is 16.4 Å². The van der Waals surface area contributed by atoms with E-state index in [9.17, 15) is 8.42 Å². The molecule has 0 aliphatic carbocycles. The summed E-state index contributed by atoms with van der Waals surface area (Å²) in [4.78, 5) is 12.4. The minimum atomic E-state index is -3.38. The number of aromatic amines is 1. The molecule has 11 heteroatoms. The first-order valence-corrected chi connectivity index (χ1v) is 14.5. The lowest BCUT2D eigenvalue weighted by molar-refractivity contribution is 0.600. The van der Waals surface area contributed by atoms with Gasteiger partial charge in [-0.05, 0) is 64.3 Å². The molecule has 2 aromatic heterocycles. The number of halogens is 1. The molecule has 0 unspecified atom stereocenters. The molecule has 0 fully saturated rings.